The molecule has 0 N–H and O–H groups in total. The number of ether oxygens (including phenoxy) is 2. The first kappa shape index (κ1) is 11.1. The summed E-state index contributed by atoms with van der Waals surface area (Å²) in [6, 6.07) is 3.51. The molecular formula is C12H15NO3. The van der Waals surface area contributed by atoms with Crippen molar-refractivity contribution in [2.24, 2.45) is 5.92 Å². The van der Waals surface area contributed by atoms with Crippen molar-refractivity contribution < 1.29 is 14.3 Å². The van der Waals surface area contributed by atoms with Gasteiger partial charge in [0.15, 0.2) is 5.78 Å². The van der Waals surface area contributed by atoms with Crippen LogP contribution in [0, 0.1) is 5.92 Å². The van der Waals surface area contributed by atoms with Gasteiger partial charge in [-0.05, 0) is 25.0 Å². The summed E-state index contributed by atoms with van der Waals surface area (Å²) in [5.74, 6) is 0.493. The molecule has 4 heteroatoms. The molecule has 1 atom stereocenters. The summed E-state index contributed by atoms with van der Waals surface area (Å²) in [5, 5.41) is 0. The molecule has 1 saturated heterocycles. The van der Waals surface area contributed by atoms with Gasteiger partial charge in [-0.3, -0.25) is 4.79 Å². The van der Waals surface area contributed by atoms with Gasteiger partial charge in [-0.15, -0.1) is 0 Å². The highest BCUT2D eigenvalue weighted by molar-refractivity contribution is 5.98. The van der Waals surface area contributed by atoms with Gasteiger partial charge in [0.05, 0.1) is 13.7 Å². The molecule has 1 fully saturated rings. The Balaban J connectivity index is 2.19. The maximum atomic E-state index is 12.2. The van der Waals surface area contributed by atoms with E-state index in [1.807, 2.05) is 0 Å². The molecule has 0 saturated carbocycles. The first-order valence-electron chi connectivity index (χ1n) is 5.44. The number of carbonyl (C=O) groups is 1. The first-order valence-corrected chi connectivity index (χ1v) is 5.44. The number of hydrogen-bond donors (Lipinski definition) is 0. The summed E-state index contributed by atoms with van der Waals surface area (Å²) in [6.45, 7) is 1.25. The summed E-state index contributed by atoms with van der Waals surface area (Å²) in [6.07, 6.45) is 3.42. The zero-order chi connectivity index (χ0) is 11.4. The van der Waals surface area contributed by atoms with Gasteiger partial charge >= 0.3 is 0 Å². The summed E-state index contributed by atoms with van der Waals surface area (Å²) < 4.78 is 10.4. The zero-order valence-corrected chi connectivity index (χ0v) is 9.31. The maximum absolute atomic E-state index is 12.2. The fraction of sp³-hybridized carbons (Fsp3) is 0.500. The highest BCUT2D eigenvalue weighted by Gasteiger charge is 2.26. The molecule has 86 valence electrons. The third kappa shape index (κ3) is 2.22. The van der Waals surface area contributed by atoms with E-state index in [9.17, 15) is 4.79 Å². The number of aromatic nitrogens is 1. The van der Waals surface area contributed by atoms with Gasteiger partial charge in [-0.2, -0.15) is 0 Å². The average Bonchev–Trinajstić information content (AvgIpc) is 2.39. The van der Waals surface area contributed by atoms with Gasteiger partial charge in [0.2, 0.25) is 0 Å². The zero-order valence-electron chi connectivity index (χ0n) is 9.31. The number of hydrogen-bond acceptors (Lipinski definition) is 4. The van der Waals surface area contributed by atoms with Gasteiger partial charge in [0.1, 0.15) is 11.4 Å². The number of Topliss-reactive ketones (excluding diaryl/α,β-unsaturated/α-hetero) is 1. The van der Waals surface area contributed by atoms with Crippen molar-refractivity contribution in [3.63, 3.8) is 0 Å². The van der Waals surface area contributed by atoms with Crippen molar-refractivity contribution in [1.82, 2.24) is 4.98 Å². The predicted molar refractivity (Wildman–Crippen MR) is 58.7 cm³/mol. The van der Waals surface area contributed by atoms with E-state index in [4.69, 9.17) is 9.47 Å². The van der Waals surface area contributed by atoms with Crippen molar-refractivity contribution >= 4 is 5.78 Å². The van der Waals surface area contributed by atoms with Crippen LogP contribution >= 0.6 is 0 Å². The molecule has 2 heterocycles. The van der Waals surface area contributed by atoms with Gasteiger partial charge in [-0.1, -0.05) is 0 Å². The maximum Gasteiger partial charge on any atom is 0.190 e. The van der Waals surface area contributed by atoms with Crippen molar-refractivity contribution in [1.29, 1.82) is 0 Å². The SMILES string of the molecule is COc1cccnc1C(=O)C1CCCOC1. The highest BCUT2D eigenvalue weighted by atomic mass is 16.5. The van der Waals surface area contributed by atoms with Crippen LogP contribution in [0.1, 0.15) is 23.3 Å². The van der Waals surface area contributed by atoms with Crippen molar-refractivity contribution in [3.05, 3.63) is 24.0 Å². The molecule has 1 aliphatic rings. The van der Waals surface area contributed by atoms with Crippen LogP contribution in [0.5, 0.6) is 5.75 Å². The van der Waals surface area contributed by atoms with E-state index in [2.05, 4.69) is 4.98 Å². The molecule has 1 unspecified atom stereocenters. The quantitative estimate of drug-likeness (QED) is 0.729. The van der Waals surface area contributed by atoms with E-state index in [0.717, 1.165) is 19.4 Å². The van der Waals surface area contributed by atoms with E-state index in [1.54, 1.807) is 25.4 Å². The van der Waals surface area contributed by atoms with Gasteiger partial charge < -0.3 is 9.47 Å². The molecule has 0 bridgehead atoms. The number of rotatable bonds is 3. The Labute approximate surface area is 94.6 Å². The number of ketones is 1. The molecular weight excluding hydrogens is 206 g/mol. The molecule has 0 aliphatic carbocycles. The largest absolute Gasteiger partial charge is 0.494 e. The van der Waals surface area contributed by atoms with Crippen LogP contribution in [-0.4, -0.2) is 31.1 Å². The van der Waals surface area contributed by atoms with E-state index in [0.29, 0.717) is 18.1 Å². The second-order valence-electron chi connectivity index (χ2n) is 3.83. The van der Waals surface area contributed by atoms with E-state index in [-0.39, 0.29) is 11.7 Å². The Morgan fingerprint density at radius 1 is 1.62 bits per heavy atom. The van der Waals surface area contributed by atoms with Crippen molar-refractivity contribution in [3.8, 4) is 5.75 Å². The number of pyridine rings is 1. The topological polar surface area (TPSA) is 48.4 Å². The van der Waals surface area contributed by atoms with Crippen LogP contribution in [-0.2, 0) is 4.74 Å². The molecule has 2 rings (SSSR count). The smallest absolute Gasteiger partial charge is 0.190 e. The first-order chi connectivity index (χ1) is 7.83. The second-order valence-corrected chi connectivity index (χ2v) is 3.83. The number of carbonyl (C=O) groups excluding carboxylic acids is 1. The highest BCUT2D eigenvalue weighted by Crippen LogP contribution is 2.23. The summed E-state index contributed by atoms with van der Waals surface area (Å²) >= 11 is 0. The Morgan fingerprint density at radius 2 is 2.50 bits per heavy atom. The van der Waals surface area contributed by atoms with Crippen LogP contribution in [0.25, 0.3) is 0 Å². The molecule has 1 aromatic heterocycles. The minimum atomic E-state index is -0.0717. The van der Waals surface area contributed by atoms with Gasteiger partial charge in [0.25, 0.3) is 0 Å². The van der Waals surface area contributed by atoms with Gasteiger partial charge in [0, 0.05) is 18.7 Å². The minimum absolute atomic E-state index is 0.0251. The average molecular weight is 221 g/mol. The number of nitrogens with zero attached hydrogens (tertiary/aromatic N) is 1. The molecule has 0 radical (unpaired) electrons. The van der Waals surface area contributed by atoms with Crippen LogP contribution in [0.3, 0.4) is 0 Å². The Bertz CT molecular complexity index is 372. The molecule has 0 spiro atoms. The fourth-order valence-corrected chi connectivity index (χ4v) is 1.88. The summed E-state index contributed by atoms with van der Waals surface area (Å²) in [7, 11) is 1.55. The van der Waals surface area contributed by atoms with E-state index in [1.165, 1.54) is 0 Å². The van der Waals surface area contributed by atoms with Gasteiger partial charge in [-0.25, -0.2) is 4.98 Å². The predicted octanol–water partition coefficient (Wildman–Crippen LogP) is 1.70. The Hall–Kier alpha value is -1.42. The fourth-order valence-electron chi connectivity index (χ4n) is 1.88. The lowest BCUT2D eigenvalue weighted by atomic mass is 9.95. The van der Waals surface area contributed by atoms with Crippen LogP contribution in [0.15, 0.2) is 18.3 Å². The monoisotopic (exact) mass is 221 g/mol. The van der Waals surface area contributed by atoms with Crippen LogP contribution < -0.4 is 4.74 Å². The molecule has 1 aromatic rings. The Morgan fingerprint density at radius 3 is 3.19 bits per heavy atom. The van der Waals surface area contributed by atoms with Crippen molar-refractivity contribution in [2.45, 2.75) is 12.8 Å². The molecule has 0 aromatic carbocycles. The standard InChI is InChI=1S/C12H15NO3/c1-15-10-5-2-6-13-11(10)12(14)9-4-3-7-16-8-9/h2,5-6,9H,3-4,7-8H2,1H3. The molecule has 4 nitrogen and oxygen atoms in total. The van der Waals surface area contributed by atoms with Crippen LogP contribution in [0.2, 0.25) is 0 Å². The molecule has 16 heavy (non-hydrogen) atoms. The number of methoxy groups -OCH3 is 1. The van der Waals surface area contributed by atoms with E-state index < -0.39 is 0 Å². The van der Waals surface area contributed by atoms with E-state index >= 15 is 0 Å². The third-order valence-electron chi connectivity index (χ3n) is 2.76. The lowest BCUT2D eigenvalue weighted by Crippen LogP contribution is -2.26. The summed E-state index contributed by atoms with van der Waals surface area (Å²) in [5.41, 5.74) is 0.417. The summed E-state index contributed by atoms with van der Waals surface area (Å²) in [4.78, 5) is 16.3. The lowest BCUT2D eigenvalue weighted by molar-refractivity contribution is 0.0456. The molecule has 0 amide bonds. The van der Waals surface area contributed by atoms with Crippen molar-refractivity contribution in [2.75, 3.05) is 20.3 Å². The van der Waals surface area contributed by atoms with Crippen LogP contribution in [0.4, 0.5) is 0 Å². The third-order valence-corrected chi connectivity index (χ3v) is 2.76. The lowest BCUT2D eigenvalue weighted by Gasteiger charge is -2.20. The Kier molecular flexibility index (Phi) is 3.51. The normalized spacial score (nSPS) is 20.4. The minimum Gasteiger partial charge on any atom is -0.494 e. The molecule has 1 aliphatic heterocycles. The second kappa shape index (κ2) is 5.07.